The van der Waals surface area contributed by atoms with E-state index in [0.717, 1.165) is 0 Å². The molecule has 1 aliphatic heterocycles. The van der Waals surface area contributed by atoms with Gasteiger partial charge in [-0.3, -0.25) is 4.79 Å². The molecule has 168 valence electrons. The van der Waals surface area contributed by atoms with E-state index in [1.807, 2.05) is 13.8 Å². The van der Waals surface area contributed by atoms with Crippen LogP contribution in [0.1, 0.15) is 24.2 Å². The third-order valence-corrected chi connectivity index (χ3v) is 6.88. The predicted octanol–water partition coefficient (Wildman–Crippen LogP) is 2.80. The summed E-state index contributed by atoms with van der Waals surface area (Å²) in [6.45, 7) is 4.43. The van der Waals surface area contributed by atoms with Gasteiger partial charge in [-0.2, -0.15) is 4.31 Å². The van der Waals surface area contributed by atoms with E-state index >= 15 is 0 Å². The molecule has 2 atom stereocenters. The zero-order valence-corrected chi connectivity index (χ0v) is 18.9. The average molecular weight is 449 g/mol. The molecular weight excluding hydrogens is 420 g/mol. The molecule has 0 amide bonds. The predicted molar refractivity (Wildman–Crippen MR) is 118 cm³/mol. The molecule has 2 aromatic carbocycles. The lowest BCUT2D eigenvalue weighted by atomic mass is 10.1. The molecule has 9 heteroatoms. The topological polar surface area (TPSA) is 94.2 Å². The Kier molecular flexibility index (Phi) is 7.19. The van der Waals surface area contributed by atoms with Crippen molar-refractivity contribution in [3.8, 4) is 11.5 Å². The molecule has 1 fully saturated rings. The number of Topliss-reactive ketones (excluding diaryl/α,β-unsaturated/α-hetero) is 1. The number of nitrogens with one attached hydrogen (secondary N) is 1. The van der Waals surface area contributed by atoms with Gasteiger partial charge in [0.25, 0.3) is 0 Å². The van der Waals surface area contributed by atoms with Crippen molar-refractivity contribution in [3.63, 3.8) is 0 Å². The van der Waals surface area contributed by atoms with Crippen LogP contribution in [0.15, 0.2) is 47.4 Å². The third kappa shape index (κ3) is 5.36. The fraction of sp³-hybridized carbons (Fsp3) is 0.409. The maximum Gasteiger partial charge on any atom is 0.243 e. The second-order valence-corrected chi connectivity index (χ2v) is 9.39. The Labute approximate surface area is 183 Å². The van der Waals surface area contributed by atoms with Crippen molar-refractivity contribution in [2.45, 2.75) is 31.0 Å². The van der Waals surface area contributed by atoms with Crippen LogP contribution in [0.5, 0.6) is 11.5 Å². The van der Waals surface area contributed by atoms with E-state index in [9.17, 15) is 13.2 Å². The zero-order chi connectivity index (χ0) is 22.6. The van der Waals surface area contributed by atoms with Gasteiger partial charge in [-0.25, -0.2) is 8.42 Å². The number of benzene rings is 2. The van der Waals surface area contributed by atoms with Crippen molar-refractivity contribution in [1.29, 1.82) is 0 Å². The smallest absolute Gasteiger partial charge is 0.243 e. The fourth-order valence-electron chi connectivity index (χ4n) is 3.51. The van der Waals surface area contributed by atoms with Gasteiger partial charge in [0.15, 0.2) is 17.3 Å². The number of ketones is 1. The van der Waals surface area contributed by atoms with Crippen LogP contribution in [-0.2, 0) is 14.8 Å². The second-order valence-electron chi connectivity index (χ2n) is 7.45. The number of ether oxygens (including phenoxy) is 3. The van der Waals surface area contributed by atoms with E-state index in [-0.39, 0.29) is 29.4 Å². The van der Waals surface area contributed by atoms with Crippen molar-refractivity contribution >= 4 is 21.5 Å². The molecule has 31 heavy (non-hydrogen) atoms. The van der Waals surface area contributed by atoms with Crippen LogP contribution < -0.4 is 14.8 Å². The van der Waals surface area contributed by atoms with Gasteiger partial charge in [0.2, 0.25) is 10.0 Å². The first-order valence-electron chi connectivity index (χ1n) is 9.99. The molecule has 8 nitrogen and oxygen atoms in total. The minimum Gasteiger partial charge on any atom is -0.493 e. The molecule has 0 bridgehead atoms. The summed E-state index contributed by atoms with van der Waals surface area (Å²) in [5, 5.41) is 3.03. The van der Waals surface area contributed by atoms with Gasteiger partial charge in [-0.15, -0.1) is 0 Å². The Morgan fingerprint density at radius 3 is 2.23 bits per heavy atom. The van der Waals surface area contributed by atoms with Gasteiger partial charge >= 0.3 is 0 Å². The Hall–Kier alpha value is -2.62. The van der Waals surface area contributed by atoms with Crippen LogP contribution >= 0.6 is 0 Å². The number of hydrogen-bond donors (Lipinski definition) is 1. The summed E-state index contributed by atoms with van der Waals surface area (Å²) >= 11 is 0. The summed E-state index contributed by atoms with van der Waals surface area (Å²) in [6, 6.07) is 11.4. The highest BCUT2D eigenvalue weighted by molar-refractivity contribution is 7.89. The number of carbonyl (C=O) groups is 1. The van der Waals surface area contributed by atoms with E-state index in [2.05, 4.69) is 5.32 Å². The molecule has 0 spiro atoms. The Morgan fingerprint density at radius 1 is 1.03 bits per heavy atom. The quantitative estimate of drug-likeness (QED) is 0.621. The molecule has 1 aliphatic rings. The van der Waals surface area contributed by atoms with Gasteiger partial charge in [-0.1, -0.05) is 0 Å². The second kappa shape index (κ2) is 9.67. The van der Waals surface area contributed by atoms with Gasteiger partial charge in [0, 0.05) is 24.3 Å². The number of rotatable bonds is 8. The van der Waals surface area contributed by atoms with Crippen LogP contribution in [0.3, 0.4) is 0 Å². The highest BCUT2D eigenvalue weighted by Gasteiger charge is 2.32. The molecule has 0 radical (unpaired) electrons. The van der Waals surface area contributed by atoms with Crippen LogP contribution in [0, 0.1) is 0 Å². The molecule has 2 unspecified atom stereocenters. The summed E-state index contributed by atoms with van der Waals surface area (Å²) in [5.41, 5.74) is 1.14. The number of morpholine rings is 1. The number of nitrogens with zero attached hydrogens (tertiary/aromatic N) is 1. The lowest BCUT2D eigenvalue weighted by Gasteiger charge is -2.34. The van der Waals surface area contributed by atoms with Crippen LogP contribution in [0.25, 0.3) is 0 Å². The lowest BCUT2D eigenvalue weighted by molar-refractivity contribution is -0.0440. The molecule has 0 saturated carbocycles. The van der Waals surface area contributed by atoms with Crippen molar-refractivity contribution in [3.05, 3.63) is 48.0 Å². The monoisotopic (exact) mass is 448 g/mol. The van der Waals surface area contributed by atoms with Crippen molar-refractivity contribution in [1.82, 2.24) is 4.31 Å². The molecule has 1 heterocycles. The summed E-state index contributed by atoms with van der Waals surface area (Å²) in [4.78, 5) is 12.7. The first kappa shape index (κ1) is 23.1. The first-order chi connectivity index (χ1) is 14.7. The lowest BCUT2D eigenvalue weighted by Crippen LogP contribution is -2.48. The molecular formula is C22H28N2O6S. The van der Waals surface area contributed by atoms with Crippen LogP contribution in [-0.4, -0.2) is 64.6 Å². The number of sulfonamides is 1. The average Bonchev–Trinajstić information content (AvgIpc) is 2.76. The van der Waals surface area contributed by atoms with Gasteiger partial charge in [0.1, 0.15) is 0 Å². The van der Waals surface area contributed by atoms with Crippen molar-refractivity contribution < 1.29 is 27.4 Å². The maximum atomic E-state index is 12.9. The zero-order valence-electron chi connectivity index (χ0n) is 18.1. The Balaban J connectivity index is 1.65. The van der Waals surface area contributed by atoms with Crippen LogP contribution in [0.2, 0.25) is 0 Å². The summed E-state index contributed by atoms with van der Waals surface area (Å²) in [6.07, 6.45) is -0.302. The number of hydrogen-bond acceptors (Lipinski definition) is 7. The Bertz CT molecular complexity index is 1010. The van der Waals surface area contributed by atoms with E-state index in [1.165, 1.54) is 18.5 Å². The summed E-state index contributed by atoms with van der Waals surface area (Å²) < 4.78 is 43.3. The molecule has 0 aromatic heterocycles. The van der Waals surface area contributed by atoms with Crippen molar-refractivity contribution in [2.75, 3.05) is 39.2 Å². The number of anilines is 1. The number of methoxy groups -OCH3 is 2. The van der Waals surface area contributed by atoms with Crippen molar-refractivity contribution in [2.24, 2.45) is 0 Å². The van der Waals surface area contributed by atoms with E-state index in [0.29, 0.717) is 35.8 Å². The van der Waals surface area contributed by atoms with Gasteiger partial charge < -0.3 is 19.5 Å². The molecule has 1 saturated heterocycles. The summed E-state index contributed by atoms with van der Waals surface area (Å²) in [5.74, 6) is 0.900. The normalized spacial score (nSPS) is 19.6. The fourth-order valence-corrected chi connectivity index (χ4v) is 5.11. The highest BCUT2D eigenvalue weighted by atomic mass is 32.2. The highest BCUT2D eigenvalue weighted by Crippen LogP contribution is 2.28. The van der Waals surface area contributed by atoms with Gasteiger partial charge in [-0.05, 0) is 56.3 Å². The molecule has 0 aliphatic carbocycles. The molecule has 3 rings (SSSR count). The Morgan fingerprint density at radius 2 is 1.65 bits per heavy atom. The van der Waals surface area contributed by atoms with Crippen LogP contribution in [0.4, 0.5) is 5.69 Å². The third-order valence-electron chi connectivity index (χ3n) is 5.04. The minimum absolute atomic E-state index is 0.0556. The van der Waals surface area contributed by atoms with E-state index < -0.39 is 10.0 Å². The SMILES string of the molecule is COc1ccc(C(=O)CNc2ccc(S(=O)(=O)N3CC(C)OC(C)C3)cc2)cc1OC. The first-order valence-corrected chi connectivity index (χ1v) is 11.4. The minimum atomic E-state index is -3.60. The largest absolute Gasteiger partial charge is 0.493 e. The van der Waals surface area contributed by atoms with Gasteiger partial charge in [0.05, 0.1) is 37.9 Å². The number of carbonyl (C=O) groups excluding carboxylic acids is 1. The summed E-state index contributed by atoms with van der Waals surface area (Å²) in [7, 11) is -0.556. The maximum absolute atomic E-state index is 12.9. The standard InChI is InChI=1S/C22H28N2O6S/c1-15-13-24(14-16(2)30-15)31(26,27)19-8-6-18(7-9-19)23-12-20(25)17-5-10-21(28-3)22(11-17)29-4/h5-11,15-16,23H,12-14H2,1-4H3. The molecule has 1 N–H and O–H groups in total. The molecule has 2 aromatic rings. The van der Waals surface area contributed by atoms with E-state index in [4.69, 9.17) is 14.2 Å². The van der Waals surface area contributed by atoms with E-state index in [1.54, 1.807) is 42.5 Å².